The van der Waals surface area contributed by atoms with E-state index in [2.05, 4.69) is 43.5 Å². The number of hydrogen-bond acceptors (Lipinski definition) is 4. The highest BCUT2D eigenvalue weighted by Crippen LogP contribution is 2.33. The third-order valence-corrected chi connectivity index (χ3v) is 7.37. The van der Waals surface area contributed by atoms with Crippen LogP contribution in [0.15, 0.2) is 69.9 Å². The molecular weight excluding hydrogens is 611 g/mol. The highest BCUT2D eigenvalue weighted by molar-refractivity contribution is 14.1. The summed E-state index contributed by atoms with van der Waals surface area (Å²) < 4.78 is 10.1. The molecule has 31 heavy (non-hydrogen) atoms. The number of halogens is 3. The highest BCUT2D eigenvalue weighted by atomic mass is 127. The number of imidazole rings is 1. The molecule has 0 aliphatic rings. The summed E-state index contributed by atoms with van der Waals surface area (Å²) in [4.78, 5) is 18.3. The van der Waals surface area contributed by atoms with Gasteiger partial charge in [-0.25, -0.2) is 9.38 Å². The van der Waals surface area contributed by atoms with Gasteiger partial charge in [-0.3, -0.25) is 4.79 Å². The molecule has 0 N–H and O–H groups in total. The molecule has 0 saturated heterocycles. The molecular formula is C23H13BrClIN2O2S. The van der Waals surface area contributed by atoms with Gasteiger partial charge in [0.25, 0.3) is 5.56 Å². The van der Waals surface area contributed by atoms with Gasteiger partial charge in [-0.15, -0.1) is 0 Å². The van der Waals surface area contributed by atoms with Gasteiger partial charge in [-0.05, 0) is 92.1 Å². The fraction of sp³-hybridized carbons (Fsp3) is 0.0435. The van der Waals surface area contributed by atoms with Crippen molar-refractivity contribution in [1.82, 2.24) is 9.38 Å². The van der Waals surface area contributed by atoms with Crippen LogP contribution in [0.2, 0.25) is 5.02 Å². The number of rotatable bonds is 4. The molecule has 5 aromatic rings. The molecule has 0 spiro atoms. The Hall–Kier alpha value is -1.94. The zero-order valence-corrected chi connectivity index (χ0v) is 21.1. The standard InChI is InChI=1S/C23H13BrClIN2O2S/c24-16-9-14(10-17(26)21(16)30-12-13-5-7-15(25)8-6-13)11-20-22(29)28-19-4-2-1-3-18(19)27-23(28)31-20/h1-11H,12H2/b20-11-. The molecule has 0 unspecified atom stereocenters. The maximum Gasteiger partial charge on any atom is 0.274 e. The van der Waals surface area contributed by atoms with E-state index in [0.717, 1.165) is 36.0 Å². The molecule has 3 aromatic carbocycles. The first-order valence-corrected chi connectivity index (χ1v) is 12.3. The molecule has 2 heterocycles. The minimum atomic E-state index is -0.0529. The van der Waals surface area contributed by atoms with Gasteiger partial charge in [0.2, 0.25) is 0 Å². The lowest BCUT2D eigenvalue weighted by molar-refractivity contribution is 0.302. The van der Waals surface area contributed by atoms with Gasteiger partial charge in [-0.2, -0.15) is 0 Å². The Labute approximate surface area is 208 Å². The van der Waals surface area contributed by atoms with E-state index in [1.54, 1.807) is 4.40 Å². The van der Waals surface area contributed by atoms with Crippen molar-refractivity contribution in [2.24, 2.45) is 0 Å². The number of ether oxygens (including phenoxy) is 1. The second-order valence-corrected chi connectivity index (χ2v) is 10.3. The van der Waals surface area contributed by atoms with Crippen LogP contribution in [-0.4, -0.2) is 9.38 Å². The van der Waals surface area contributed by atoms with Gasteiger partial charge in [0, 0.05) is 5.02 Å². The van der Waals surface area contributed by atoms with E-state index in [1.807, 2.05) is 66.7 Å². The third-order valence-electron chi connectivity index (χ3n) is 4.76. The molecule has 4 nitrogen and oxygen atoms in total. The summed E-state index contributed by atoms with van der Waals surface area (Å²) in [5, 5.41) is 0.700. The van der Waals surface area contributed by atoms with Gasteiger partial charge in [0.05, 0.1) is 23.6 Å². The SMILES string of the molecule is O=c1/c(=C/c2cc(Br)c(OCc3ccc(Cl)cc3)c(I)c2)sc2nc3ccccc3n12. The van der Waals surface area contributed by atoms with Crippen LogP contribution in [0.4, 0.5) is 0 Å². The number of nitrogens with zero attached hydrogens (tertiary/aromatic N) is 2. The van der Waals surface area contributed by atoms with Crippen molar-refractivity contribution in [1.29, 1.82) is 0 Å². The molecule has 0 saturated carbocycles. The predicted molar refractivity (Wildman–Crippen MR) is 138 cm³/mol. The van der Waals surface area contributed by atoms with Gasteiger partial charge < -0.3 is 4.74 Å². The Morgan fingerprint density at radius 1 is 1.16 bits per heavy atom. The Kier molecular flexibility index (Phi) is 5.76. The molecule has 8 heteroatoms. The number of thiazole rings is 1. The number of benzene rings is 3. The van der Waals surface area contributed by atoms with Crippen molar-refractivity contribution < 1.29 is 4.74 Å². The molecule has 0 aliphatic heterocycles. The van der Waals surface area contributed by atoms with Crippen LogP contribution in [0, 0.1) is 3.57 Å². The summed E-state index contributed by atoms with van der Waals surface area (Å²) in [6, 6.07) is 19.2. The Bertz CT molecular complexity index is 1520. The fourth-order valence-electron chi connectivity index (χ4n) is 3.30. The van der Waals surface area contributed by atoms with Crippen molar-refractivity contribution in [3.05, 3.63) is 99.7 Å². The van der Waals surface area contributed by atoms with E-state index in [9.17, 15) is 4.79 Å². The third kappa shape index (κ3) is 4.11. The maximum atomic E-state index is 13.0. The average Bonchev–Trinajstić information content (AvgIpc) is 3.25. The Balaban J connectivity index is 1.48. The van der Waals surface area contributed by atoms with Crippen LogP contribution in [0.3, 0.4) is 0 Å². The van der Waals surface area contributed by atoms with E-state index >= 15 is 0 Å². The summed E-state index contributed by atoms with van der Waals surface area (Å²) in [5.74, 6) is 0.766. The van der Waals surface area contributed by atoms with Crippen LogP contribution in [-0.2, 0) is 6.61 Å². The molecule has 154 valence electrons. The van der Waals surface area contributed by atoms with E-state index in [-0.39, 0.29) is 5.56 Å². The van der Waals surface area contributed by atoms with Crippen molar-refractivity contribution in [3.8, 4) is 5.75 Å². The lowest BCUT2D eigenvalue weighted by Crippen LogP contribution is -2.22. The topological polar surface area (TPSA) is 43.6 Å². The fourth-order valence-corrected chi connectivity index (χ4v) is 6.18. The van der Waals surface area contributed by atoms with E-state index in [0.29, 0.717) is 21.1 Å². The van der Waals surface area contributed by atoms with Crippen LogP contribution in [0.1, 0.15) is 11.1 Å². The first kappa shape index (κ1) is 20.9. The minimum absolute atomic E-state index is 0.0529. The molecule has 0 aliphatic carbocycles. The van der Waals surface area contributed by atoms with E-state index < -0.39 is 0 Å². The van der Waals surface area contributed by atoms with Crippen LogP contribution in [0.5, 0.6) is 5.75 Å². The Morgan fingerprint density at radius 2 is 1.94 bits per heavy atom. The first-order chi connectivity index (χ1) is 15.0. The van der Waals surface area contributed by atoms with Crippen molar-refractivity contribution >= 4 is 83.5 Å². The molecule has 2 aromatic heterocycles. The second-order valence-electron chi connectivity index (χ2n) is 6.86. The van der Waals surface area contributed by atoms with Crippen LogP contribution in [0.25, 0.3) is 22.1 Å². The first-order valence-electron chi connectivity index (χ1n) is 9.27. The summed E-state index contributed by atoms with van der Waals surface area (Å²) in [6.45, 7) is 0.439. The molecule has 0 radical (unpaired) electrons. The maximum absolute atomic E-state index is 13.0. The second kappa shape index (κ2) is 8.54. The van der Waals surface area contributed by atoms with Gasteiger partial charge in [0.1, 0.15) is 12.4 Å². The van der Waals surface area contributed by atoms with E-state index in [1.165, 1.54) is 11.3 Å². The van der Waals surface area contributed by atoms with Gasteiger partial charge in [0.15, 0.2) is 4.96 Å². The average molecular weight is 624 g/mol. The molecule has 5 rings (SSSR count). The predicted octanol–water partition coefficient (Wildman–Crippen LogP) is 6.06. The van der Waals surface area contributed by atoms with Gasteiger partial charge in [-0.1, -0.05) is 47.2 Å². The Morgan fingerprint density at radius 3 is 2.71 bits per heavy atom. The van der Waals surface area contributed by atoms with Crippen LogP contribution < -0.4 is 14.8 Å². The van der Waals surface area contributed by atoms with Crippen molar-refractivity contribution in [3.63, 3.8) is 0 Å². The number of hydrogen-bond donors (Lipinski definition) is 0. The van der Waals surface area contributed by atoms with Crippen molar-refractivity contribution in [2.75, 3.05) is 0 Å². The summed E-state index contributed by atoms with van der Waals surface area (Å²) in [7, 11) is 0. The van der Waals surface area contributed by atoms with E-state index in [4.69, 9.17) is 16.3 Å². The highest BCUT2D eigenvalue weighted by Gasteiger charge is 2.12. The minimum Gasteiger partial charge on any atom is -0.487 e. The lowest BCUT2D eigenvalue weighted by Gasteiger charge is -2.11. The summed E-state index contributed by atoms with van der Waals surface area (Å²) in [6.07, 6.45) is 1.90. The number of para-hydroxylation sites is 2. The molecule has 0 fully saturated rings. The normalized spacial score (nSPS) is 12.2. The summed E-state index contributed by atoms with van der Waals surface area (Å²) in [5.41, 5.74) is 3.56. The number of fused-ring (bicyclic) bond motifs is 3. The largest absolute Gasteiger partial charge is 0.487 e. The van der Waals surface area contributed by atoms with Gasteiger partial charge >= 0.3 is 0 Å². The number of aromatic nitrogens is 2. The quantitative estimate of drug-likeness (QED) is 0.229. The van der Waals surface area contributed by atoms with Crippen molar-refractivity contribution in [2.45, 2.75) is 6.61 Å². The smallest absolute Gasteiger partial charge is 0.274 e. The molecule has 0 atom stereocenters. The van der Waals surface area contributed by atoms with Crippen LogP contribution >= 0.6 is 61.5 Å². The zero-order valence-electron chi connectivity index (χ0n) is 15.8. The zero-order chi connectivity index (χ0) is 21.5. The lowest BCUT2D eigenvalue weighted by atomic mass is 10.2. The molecule has 0 amide bonds. The molecule has 0 bridgehead atoms. The monoisotopic (exact) mass is 622 g/mol. The summed E-state index contributed by atoms with van der Waals surface area (Å²) >= 11 is 13.2.